The van der Waals surface area contributed by atoms with Crippen LogP contribution in [-0.2, 0) is 13.0 Å². The Kier molecular flexibility index (Phi) is 3.73. The molecule has 1 aliphatic heterocycles. The molecule has 2 heterocycles. The molecule has 2 aromatic rings. The Morgan fingerprint density at radius 2 is 2.06 bits per heavy atom. The third kappa shape index (κ3) is 1.93. The van der Waals surface area contributed by atoms with Gasteiger partial charge in [-0.1, -0.05) is 18.2 Å². The average molecular weight is 265 g/mol. The van der Waals surface area contributed by atoms with Gasteiger partial charge in [0.1, 0.15) is 0 Å². The predicted octanol–water partition coefficient (Wildman–Crippen LogP) is 2.41. The fourth-order valence-electron chi connectivity index (χ4n) is 2.79. The summed E-state index contributed by atoms with van der Waals surface area (Å²) in [5.74, 6) is 0.178. The minimum atomic E-state index is 0. The number of benzene rings is 1. The summed E-state index contributed by atoms with van der Waals surface area (Å²) < 4.78 is 2.30. The molecule has 0 fully saturated rings. The highest BCUT2D eigenvalue weighted by atomic mass is 35.5. The molecule has 96 valence electrons. The molecule has 1 N–H and O–H groups in total. The van der Waals surface area contributed by atoms with E-state index in [9.17, 15) is 4.79 Å². The largest absolute Gasteiger partial charge is 0.343 e. The standard InChI is InChI=1S/C14H16N2O.ClH/c1-10(17)14-11-4-2-3-5-12(11)16-9-8-15-7-6-13(14)16;/h2-5,15H,6-9H2,1H3;1H. The van der Waals surface area contributed by atoms with Gasteiger partial charge in [0.25, 0.3) is 0 Å². The molecule has 0 saturated carbocycles. The van der Waals surface area contributed by atoms with Crippen molar-refractivity contribution in [2.24, 2.45) is 0 Å². The topological polar surface area (TPSA) is 34.0 Å². The summed E-state index contributed by atoms with van der Waals surface area (Å²) in [5.41, 5.74) is 3.31. The van der Waals surface area contributed by atoms with Crippen LogP contribution in [0.3, 0.4) is 0 Å². The van der Waals surface area contributed by atoms with E-state index >= 15 is 0 Å². The highest BCUT2D eigenvalue weighted by Gasteiger charge is 2.20. The number of Topliss-reactive ketones (excluding diaryl/α,β-unsaturated/α-hetero) is 1. The SMILES string of the molecule is CC(=O)c1c2n(c3ccccc13)CCNCC2.Cl. The van der Waals surface area contributed by atoms with Crippen molar-refractivity contribution in [1.29, 1.82) is 0 Å². The van der Waals surface area contributed by atoms with E-state index in [1.165, 1.54) is 11.2 Å². The second-order valence-electron chi connectivity index (χ2n) is 4.55. The van der Waals surface area contributed by atoms with Crippen molar-refractivity contribution >= 4 is 29.1 Å². The van der Waals surface area contributed by atoms with Crippen LogP contribution in [0.2, 0.25) is 0 Å². The van der Waals surface area contributed by atoms with Crippen molar-refractivity contribution in [2.75, 3.05) is 13.1 Å². The number of rotatable bonds is 1. The summed E-state index contributed by atoms with van der Waals surface area (Å²) in [6.07, 6.45) is 0.934. The van der Waals surface area contributed by atoms with Crippen molar-refractivity contribution in [3.05, 3.63) is 35.5 Å². The van der Waals surface area contributed by atoms with Crippen molar-refractivity contribution in [3.63, 3.8) is 0 Å². The Morgan fingerprint density at radius 3 is 2.83 bits per heavy atom. The highest BCUT2D eigenvalue weighted by Crippen LogP contribution is 2.27. The van der Waals surface area contributed by atoms with E-state index in [0.29, 0.717) is 0 Å². The fourth-order valence-corrected chi connectivity index (χ4v) is 2.79. The molecule has 0 atom stereocenters. The smallest absolute Gasteiger partial charge is 0.162 e. The molecule has 3 nitrogen and oxygen atoms in total. The summed E-state index contributed by atoms with van der Waals surface area (Å²) in [6.45, 7) is 4.55. The number of carbonyl (C=O) groups excluding carboxylic acids is 1. The van der Waals surface area contributed by atoms with Crippen LogP contribution >= 0.6 is 12.4 Å². The predicted molar refractivity (Wildman–Crippen MR) is 75.8 cm³/mol. The lowest BCUT2D eigenvalue weighted by atomic mass is 10.1. The number of nitrogens with one attached hydrogen (secondary N) is 1. The van der Waals surface area contributed by atoms with Crippen LogP contribution in [0.5, 0.6) is 0 Å². The van der Waals surface area contributed by atoms with Crippen molar-refractivity contribution in [2.45, 2.75) is 19.9 Å². The first kappa shape index (κ1) is 13.1. The second-order valence-corrected chi connectivity index (χ2v) is 4.55. The molecular formula is C14H17ClN2O. The number of carbonyl (C=O) groups is 1. The average Bonchev–Trinajstić information content (AvgIpc) is 2.48. The molecule has 3 rings (SSSR count). The van der Waals surface area contributed by atoms with Crippen LogP contribution < -0.4 is 5.32 Å². The normalized spacial score (nSPS) is 14.7. The van der Waals surface area contributed by atoms with Crippen LogP contribution in [-0.4, -0.2) is 23.4 Å². The summed E-state index contributed by atoms with van der Waals surface area (Å²) in [7, 11) is 0. The minimum absolute atomic E-state index is 0. The lowest BCUT2D eigenvalue weighted by molar-refractivity contribution is 0.101. The van der Waals surface area contributed by atoms with Crippen LogP contribution in [0, 0.1) is 0 Å². The maximum atomic E-state index is 11.9. The quantitative estimate of drug-likeness (QED) is 0.803. The number of hydrogen-bond donors (Lipinski definition) is 1. The van der Waals surface area contributed by atoms with E-state index in [1.807, 2.05) is 12.1 Å². The van der Waals surface area contributed by atoms with E-state index in [2.05, 4.69) is 22.0 Å². The lowest BCUT2D eigenvalue weighted by Gasteiger charge is -2.05. The van der Waals surface area contributed by atoms with Gasteiger partial charge in [-0.25, -0.2) is 0 Å². The molecule has 0 spiro atoms. The summed E-state index contributed by atoms with van der Waals surface area (Å²) in [5, 5.41) is 4.49. The van der Waals surface area contributed by atoms with Gasteiger partial charge in [-0.3, -0.25) is 4.79 Å². The monoisotopic (exact) mass is 264 g/mol. The first-order valence-electron chi connectivity index (χ1n) is 6.11. The molecule has 1 aliphatic rings. The molecule has 0 saturated heterocycles. The maximum absolute atomic E-state index is 11.9. The van der Waals surface area contributed by atoms with E-state index in [4.69, 9.17) is 0 Å². The number of halogens is 1. The van der Waals surface area contributed by atoms with Gasteiger partial charge >= 0.3 is 0 Å². The van der Waals surface area contributed by atoms with E-state index in [1.54, 1.807) is 6.92 Å². The summed E-state index contributed by atoms with van der Waals surface area (Å²) in [6, 6.07) is 8.21. The lowest BCUT2D eigenvalue weighted by Crippen LogP contribution is -2.17. The third-order valence-electron chi connectivity index (χ3n) is 3.48. The Hall–Kier alpha value is -1.32. The highest BCUT2D eigenvalue weighted by molar-refractivity contribution is 6.08. The fraction of sp³-hybridized carbons (Fsp3) is 0.357. The molecule has 0 unspecified atom stereocenters. The van der Waals surface area contributed by atoms with Gasteiger partial charge in [-0.2, -0.15) is 0 Å². The van der Waals surface area contributed by atoms with Crippen LogP contribution in [0.4, 0.5) is 0 Å². The van der Waals surface area contributed by atoms with E-state index in [-0.39, 0.29) is 18.2 Å². The molecule has 18 heavy (non-hydrogen) atoms. The number of ketones is 1. The van der Waals surface area contributed by atoms with Crippen molar-refractivity contribution in [3.8, 4) is 0 Å². The zero-order chi connectivity index (χ0) is 11.8. The number of fused-ring (bicyclic) bond motifs is 3. The van der Waals surface area contributed by atoms with Gasteiger partial charge < -0.3 is 9.88 Å². The third-order valence-corrected chi connectivity index (χ3v) is 3.48. The molecule has 0 bridgehead atoms. The first-order valence-corrected chi connectivity index (χ1v) is 6.11. The Labute approximate surface area is 113 Å². The van der Waals surface area contributed by atoms with Gasteiger partial charge in [0.2, 0.25) is 0 Å². The number of nitrogens with zero attached hydrogens (tertiary/aromatic N) is 1. The van der Waals surface area contributed by atoms with Crippen molar-refractivity contribution < 1.29 is 4.79 Å². The summed E-state index contributed by atoms with van der Waals surface area (Å²) >= 11 is 0. The Balaban J connectivity index is 0.00000120. The number of hydrogen-bond acceptors (Lipinski definition) is 2. The van der Waals surface area contributed by atoms with Gasteiger partial charge in [-0.05, 0) is 13.0 Å². The van der Waals surface area contributed by atoms with Crippen LogP contribution in [0.1, 0.15) is 23.0 Å². The van der Waals surface area contributed by atoms with Crippen molar-refractivity contribution in [1.82, 2.24) is 9.88 Å². The zero-order valence-electron chi connectivity index (χ0n) is 10.4. The number of aromatic nitrogens is 1. The molecule has 0 radical (unpaired) electrons. The molecule has 0 amide bonds. The number of para-hydroxylation sites is 1. The van der Waals surface area contributed by atoms with Gasteiger partial charge in [0.15, 0.2) is 5.78 Å². The van der Waals surface area contributed by atoms with E-state index < -0.39 is 0 Å². The maximum Gasteiger partial charge on any atom is 0.162 e. The minimum Gasteiger partial charge on any atom is -0.343 e. The van der Waals surface area contributed by atoms with Crippen LogP contribution in [0.25, 0.3) is 10.9 Å². The molecule has 1 aromatic heterocycles. The molecule has 0 aliphatic carbocycles. The van der Waals surface area contributed by atoms with E-state index in [0.717, 1.165) is 37.0 Å². The molecular weight excluding hydrogens is 248 g/mol. The Morgan fingerprint density at radius 1 is 1.28 bits per heavy atom. The van der Waals surface area contributed by atoms with Gasteiger partial charge in [0.05, 0.1) is 0 Å². The van der Waals surface area contributed by atoms with Gasteiger partial charge in [0, 0.05) is 48.2 Å². The van der Waals surface area contributed by atoms with Crippen LogP contribution in [0.15, 0.2) is 24.3 Å². The first-order chi connectivity index (χ1) is 8.29. The second kappa shape index (κ2) is 5.12. The Bertz CT molecular complexity index is 589. The summed E-state index contributed by atoms with van der Waals surface area (Å²) in [4.78, 5) is 11.9. The molecule has 4 heteroatoms. The van der Waals surface area contributed by atoms with Gasteiger partial charge in [-0.15, -0.1) is 12.4 Å². The zero-order valence-corrected chi connectivity index (χ0v) is 11.2. The molecule has 1 aromatic carbocycles.